The van der Waals surface area contributed by atoms with E-state index in [4.69, 9.17) is 4.74 Å². The van der Waals surface area contributed by atoms with Crippen molar-refractivity contribution in [2.45, 2.75) is 6.04 Å². The van der Waals surface area contributed by atoms with Gasteiger partial charge in [-0.3, -0.25) is 9.69 Å². The Morgan fingerprint density at radius 2 is 2.10 bits per heavy atom. The lowest BCUT2D eigenvalue weighted by molar-refractivity contribution is 0.0838. The summed E-state index contributed by atoms with van der Waals surface area (Å²) >= 11 is 0. The van der Waals surface area contributed by atoms with Crippen LogP contribution in [0.2, 0.25) is 0 Å². The molecule has 2 fully saturated rings. The summed E-state index contributed by atoms with van der Waals surface area (Å²) in [7, 11) is 1.60. The Kier molecular flexibility index (Phi) is 3.79. The molecule has 0 saturated carbocycles. The van der Waals surface area contributed by atoms with E-state index < -0.39 is 0 Å². The standard InChI is InChI=1S/C15H19N3O3/c1-21-13-4-2-11(3-5-13)14(19)10-17-6-7-18-12(9-17)8-16-15(18)20/h2-5,12H,6-10H2,1H3,(H,16,20). The average Bonchev–Trinajstić information content (AvgIpc) is 2.88. The van der Waals surface area contributed by atoms with E-state index in [1.807, 2.05) is 4.90 Å². The fraction of sp³-hybridized carbons (Fsp3) is 0.467. The molecule has 0 bridgehead atoms. The molecule has 0 aliphatic carbocycles. The van der Waals surface area contributed by atoms with Crippen LogP contribution in [0.25, 0.3) is 0 Å². The van der Waals surface area contributed by atoms with Crippen molar-refractivity contribution in [2.24, 2.45) is 0 Å². The number of hydrogen-bond acceptors (Lipinski definition) is 4. The number of methoxy groups -OCH3 is 1. The van der Waals surface area contributed by atoms with E-state index in [2.05, 4.69) is 10.2 Å². The first-order chi connectivity index (χ1) is 10.2. The van der Waals surface area contributed by atoms with Gasteiger partial charge in [-0.2, -0.15) is 0 Å². The smallest absolute Gasteiger partial charge is 0.317 e. The molecule has 2 aliphatic heterocycles. The number of fused-ring (bicyclic) bond motifs is 1. The van der Waals surface area contributed by atoms with Gasteiger partial charge in [0.05, 0.1) is 19.7 Å². The summed E-state index contributed by atoms with van der Waals surface area (Å²) in [6, 6.07) is 7.38. The normalized spacial score (nSPS) is 21.9. The fourth-order valence-corrected chi connectivity index (χ4v) is 2.88. The Balaban J connectivity index is 1.59. The number of ether oxygens (including phenoxy) is 1. The number of urea groups is 1. The van der Waals surface area contributed by atoms with Gasteiger partial charge < -0.3 is 15.0 Å². The quantitative estimate of drug-likeness (QED) is 0.824. The minimum atomic E-state index is 0.0149. The largest absolute Gasteiger partial charge is 0.497 e. The van der Waals surface area contributed by atoms with Crippen molar-refractivity contribution in [2.75, 3.05) is 39.8 Å². The highest BCUT2D eigenvalue weighted by atomic mass is 16.5. The molecule has 0 spiro atoms. The van der Waals surface area contributed by atoms with E-state index in [0.717, 1.165) is 18.8 Å². The molecule has 1 aromatic rings. The monoisotopic (exact) mass is 289 g/mol. The van der Waals surface area contributed by atoms with Gasteiger partial charge in [0.2, 0.25) is 0 Å². The number of hydrogen-bond donors (Lipinski definition) is 1. The summed E-state index contributed by atoms with van der Waals surface area (Å²) in [6.45, 7) is 3.25. The van der Waals surface area contributed by atoms with Crippen molar-refractivity contribution in [1.29, 1.82) is 0 Å². The second-order valence-electron chi connectivity index (χ2n) is 5.42. The Labute approximate surface area is 123 Å². The van der Waals surface area contributed by atoms with E-state index in [-0.39, 0.29) is 17.9 Å². The van der Waals surface area contributed by atoms with Gasteiger partial charge in [0.25, 0.3) is 0 Å². The Morgan fingerprint density at radius 3 is 2.81 bits per heavy atom. The number of ketones is 1. The van der Waals surface area contributed by atoms with Gasteiger partial charge in [-0.05, 0) is 24.3 Å². The molecule has 1 unspecified atom stereocenters. The van der Waals surface area contributed by atoms with Gasteiger partial charge >= 0.3 is 6.03 Å². The minimum Gasteiger partial charge on any atom is -0.497 e. The predicted octanol–water partition coefficient (Wildman–Crippen LogP) is 0.587. The second-order valence-corrected chi connectivity index (χ2v) is 5.42. The number of benzene rings is 1. The molecule has 0 radical (unpaired) electrons. The van der Waals surface area contributed by atoms with Crippen LogP contribution in [0.1, 0.15) is 10.4 Å². The fourth-order valence-electron chi connectivity index (χ4n) is 2.88. The number of amides is 2. The molecule has 2 heterocycles. The summed E-state index contributed by atoms with van der Waals surface area (Å²) in [4.78, 5) is 27.8. The summed E-state index contributed by atoms with van der Waals surface area (Å²) < 4.78 is 5.09. The lowest BCUT2D eigenvalue weighted by atomic mass is 10.1. The number of Topliss-reactive ketones (excluding diaryl/α,β-unsaturated/α-hetero) is 1. The highest BCUT2D eigenvalue weighted by Crippen LogP contribution is 2.16. The van der Waals surface area contributed by atoms with Crippen LogP contribution in [-0.2, 0) is 0 Å². The zero-order chi connectivity index (χ0) is 14.8. The second kappa shape index (κ2) is 5.73. The van der Waals surface area contributed by atoms with Crippen molar-refractivity contribution in [3.8, 4) is 5.75 Å². The lowest BCUT2D eigenvalue weighted by Gasteiger charge is -2.35. The first-order valence-electron chi connectivity index (χ1n) is 7.11. The topological polar surface area (TPSA) is 61.9 Å². The van der Waals surface area contributed by atoms with Crippen molar-refractivity contribution in [3.63, 3.8) is 0 Å². The molecule has 2 aliphatic rings. The molecule has 2 amide bonds. The molecule has 1 atom stereocenters. The SMILES string of the molecule is COc1ccc(C(=O)CN2CCN3C(=O)NCC3C2)cc1. The van der Waals surface area contributed by atoms with Crippen LogP contribution in [0.4, 0.5) is 4.79 Å². The van der Waals surface area contributed by atoms with Crippen molar-refractivity contribution in [3.05, 3.63) is 29.8 Å². The molecular weight excluding hydrogens is 270 g/mol. The zero-order valence-corrected chi connectivity index (χ0v) is 12.0. The van der Waals surface area contributed by atoms with Crippen LogP contribution in [-0.4, -0.2) is 67.5 Å². The third-order valence-corrected chi connectivity index (χ3v) is 4.10. The van der Waals surface area contributed by atoms with Gasteiger partial charge in [0.1, 0.15) is 5.75 Å². The number of nitrogens with zero attached hydrogens (tertiary/aromatic N) is 2. The van der Waals surface area contributed by atoms with E-state index in [1.165, 1.54) is 0 Å². The molecule has 0 aromatic heterocycles. The first kappa shape index (κ1) is 13.9. The molecule has 3 rings (SSSR count). The van der Waals surface area contributed by atoms with Crippen LogP contribution < -0.4 is 10.1 Å². The van der Waals surface area contributed by atoms with Crippen molar-refractivity contribution < 1.29 is 14.3 Å². The maximum Gasteiger partial charge on any atom is 0.317 e. The third kappa shape index (κ3) is 2.85. The summed E-state index contributed by atoms with van der Waals surface area (Å²) in [5.74, 6) is 0.846. The minimum absolute atomic E-state index is 0.0149. The Bertz CT molecular complexity index is 544. The highest BCUT2D eigenvalue weighted by molar-refractivity contribution is 5.97. The van der Waals surface area contributed by atoms with Gasteiger partial charge in [0.15, 0.2) is 5.78 Å². The first-order valence-corrected chi connectivity index (χ1v) is 7.11. The maximum absolute atomic E-state index is 12.3. The number of nitrogens with one attached hydrogen (secondary N) is 1. The molecule has 2 saturated heterocycles. The van der Waals surface area contributed by atoms with Gasteiger partial charge in [-0.25, -0.2) is 4.79 Å². The van der Waals surface area contributed by atoms with Gasteiger partial charge in [-0.1, -0.05) is 0 Å². The molecule has 1 aromatic carbocycles. The van der Waals surface area contributed by atoms with Crippen molar-refractivity contribution >= 4 is 11.8 Å². The van der Waals surface area contributed by atoms with E-state index in [0.29, 0.717) is 25.2 Å². The molecule has 6 nitrogen and oxygen atoms in total. The maximum atomic E-state index is 12.3. The van der Waals surface area contributed by atoms with Crippen LogP contribution in [0.3, 0.4) is 0 Å². The molecule has 6 heteroatoms. The molecule has 112 valence electrons. The summed E-state index contributed by atoms with van der Waals surface area (Å²) in [5.41, 5.74) is 0.693. The average molecular weight is 289 g/mol. The van der Waals surface area contributed by atoms with Gasteiger partial charge in [-0.15, -0.1) is 0 Å². The zero-order valence-electron chi connectivity index (χ0n) is 12.0. The summed E-state index contributed by atoms with van der Waals surface area (Å²) in [5, 5.41) is 2.84. The number of carbonyl (C=O) groups is 2. The Hall–Kier alpha value is -2.08. The van der Waals surface area contributed by atoms with Crippen LogP contribution in [0, 0.1) is 0 Å². The van der Waals surface area contributed by atoms with E-state index in [9.17, 15) is 9.59 Å². The predicted molar refractivity (Wildman–Crippen MR) is 77.7 cm³/mol. The van der Waals surface area contributed by atoms with Crippen molar-refractivity contribution in [1.82, 2.24) is 15.1 Å². The molecule has 1 N–H and O–H groups in total. The van der Waals surface area contributed by atoms with E-state index in [1.54, 1.807) is 31.4 Å². The van der Waals surface area contributed by atoms with E-state index >= 15 is 0 Å². The lowest BCUT2D eigenvalue weighted by Crippen LogP contribution is -2.53. The molecular formula is C15H19N3O3. The third-order valence-electron chi connectivity index (χ3n) is 4.10. The van der Waals surface area contributed by atoms with Crippen LogP contribution >= 0.6 is 0 Å². The number of rotatable bonds is 4. The van der Waals surface area contributed by atoms with Crippen LogP contribution in [0.5, 0.6) is 5.75 Å². The highest BCUT2D eigenvalue weighted by Gasteiger charge is 2.35. The van der Waals surface area contributed by atoms with Crippen LogP contribution in [0.15, 0.2) is 24.3 Å². The number of piperazine rings is 1. The Morgan fingerprint density at radius 1 is 1.33 bits per heavy atom. The molecule has 21 heavy (non-hydrogen) atoms. The number of carbonyl (C=O) groups excluding carboxylic acids is 2. The van der Waals surface area contributed by atoms with Gasteiger partial charge in [0, 0.05) is 31.7 Å². The summed E-state index contributed by atoms with van der Waals surface area (Å²) in [6.07, 6.45) is 0.